The van der Waals surface area contributed by atoms with E-state index in [4.69, 9.17) is 17.3 Å². The summed E-state index contributed by atoms with van der Waals surface area (Å²) in [6, 6.07) is 7.54. The van der Waals surface area contributed by atoms with Gasteiger partial charge in [0, 0.05) is 11.1 Å². The predicted octanol–water partition coefficient (Wildman–Crippen LogP) is 2.22. The highest BCUT2D eigenvalue weighted by molar-refractivity contribution is 6.30. The average Bonchev–Trinajstić information content (AvgIpc) is 2.89. The summed E-state index contributed by atoms with van der Waals surface area (Å²) in [5, 5.41) is 13.8. The van der Waals surface area contributed by atoms with Crippen LogP contribution in [0.4, 0.5) is 0 Å². The summed E-state index contributed by atoms with van der Waals surface area (Å²) in [5.41, 5.74) is 6.60. The van der Waals surface area contributed by atoms with Crippen molar-refractivity contribution in [1.29, 1.82) is 0 Å². The molecular weight excluding hydrogens is 262 g/mol. The molecule has 0 heterocycles. The van der Waals surface area contributed by atoms with E-state index in [1.54, 1.807) is 24.3 Å². The highest BCUT2D eigenvalue weighted by Gasteiger charge is 2.15. The molecule has 4 nitrogen and oxygen atoms in total. The van der Waals surface area contributed by atoms with Crippen LogP contribution < -0.4 is 11.1 Å². The molecule has 0 bridgehead atoms. The number of guanidine groups is 1. The van der Waals surface area contributed by atoms with Crippen molar-refractivity contribution in [3.63, 3.8) is 0 Å². The van der Waals surface area contributed by atoms with Crippen molar-refractivity contribution in [2.75, 3.05) is 6.54 Å². The van der Waals surface area contributed by atoms with E-state index in [2.05, 4.69) is 10.3 Å². The Hall–Kier alpha value is -1.26. The molecule has 0 amide bonds. The third-order valence-corrected chi connectivity index (χ3v) is 3.65. The summed E-state index contributed by atoms with van der Waals surface area (Å²) in [6.07, 6.45) is 4.14. The van der Waals surface area contributed by atoms with Crippen molar-refractivity contribution >= 4 is 17.6 Å². The van der Waals surface area contributed by atoms with E-state index < -0.39 is 6.10 Å². The predicted molar refractivity (Wildman–Crippen MR) is 78.3 cm³/mol. The number of rotatable bonds is 4. The van der Waals surface area contributed by atoms with Gasteiger partial charge in [-0.15, -0.1) is 0 Å². The molecule has 0 aromatic heterocycles. The number of benzene rings is 1. The fourth-order valence-electron chi connectivity index (χ4n) is 2.30. The van der Waals surface area contributed by atoms with Crippen LogP contribution in [0.25, 0.3) is 0 Å². The summed E-state index contributed by atoms with van der Waals surface area (Å²) < 4.78 is 0. The summed E-state index contributed by atoms with van der Waals surface area (Å²) in [5.74, 6) is 0.417. The van der Waals surface area contributed by atoms with Gasteiger partial charge in [-0.3, -0.25) is 4.99 Å². The van der Waals surface area contributed by atoms with E-state index in [0.29, 0.717) is 17.0 Å². The van der Waals surface area contributed by atoms with Crippen LogP contribution >= 0.6 is 11.6 Å². The van der Waals surface area contributed by atoms with Gasteiger partial charge < -0.3 is 16.2 Å². The van der Waals surface area contributed by atoms with Crippen LogP contribution in [0.1, 0.15) is 37.4 Å². The van der Waals surface area contributed by atoms with Gasteiger partial charge in [-0.05, 0) is 30.5 Å². The topological polar surface area (TPSA) is 70.6 Å². The minimum atomic E-state index is -0.652. The Kier molecular flexibility index (Phi) is 5.05. The number of nitrogens with one attached hydrogen (secondary N) is 1. The highest BCUT2D eigenvalue weighted by atomic mass is 35.5. The first kappa shape index (κ1) is 14.2. The van der Waals surface area contributed by atoms with Crippen LogP contribution in [0, 0.1) is 0 Å². The molecule has 104 valence electrons. The fourth-order valence-corrected chi connectivity index (χ4v) is 2.43. The van der Waals surface area contributed by atoms with Gasteiger partial charge in [-0.2, -0.15) is 0 Å². The smallest absolute Gasteiger partial charge is 0.188 e. The molecule has 5 heteroatoms. The molecule has 2 rings (SSSR count). The van der Waals surface area contributed by atoms with Gasteiger partial charge in [-0.1, -0.05) is 36.6 Å². The number of aliphatic hydroxyl groups excluding tert-OH is 1. The quantitative estimate of drug-likeness (QED) is 0.585. The Labute approximate surface area is 118 Å². The maximum absolute atomic E-state index is 9.99. The van der Waals surface area contributed by atoms with Crippen LogP contribution in [-0.2, 0) is 0 Å². The molecule has 0 radical (unpaired) electrons. The monoisotopic (exact) mass is 281 g/mol. The van der Waals surface area contributed by atoms with Crippen LogP contribution in [0.2, 0.25) is 5.02 Å². The maximum Gasteiger partial charge on any atom is 0.188 e. The number of aliphatic imine (C=N–C) groups is 1. The van der Waals surface area contributed by atoms with Gasteiger partial charge in [-0.25, -0.2) is 0 Å². The third kappa shape index (κ3) is 4.40. The van der Waals surface area contributed by atoms with E-state index in [-0.39, 0.29) is 6.54 Å². The van der Waals surface area contributed by atoms with E-state index in [0.717, 1.165) is 18.4 Å². The molecule has 4 N–H and O–H groups in total. The van der Waals surface area contributed by atoms with Crippen molar-refractivity contribution in [1.82, 2.24) is 5.32 Å². The van der Waals surface area contributed by atoms with Crippen LogP contribution in [-0.4, -0.2) is 23.7 Å². The largest absolute Gasteiger partial charge is 0.386 e. The second kappa shape index (κ2) is 6.78. The Bertz CT molecular complexity index is 427. The number of halogens is 1. The van der Waals surface area contributed by atoms with Crippen LogP contribution in [0.3, 0.4) is 0 Å². The SMILES string of the molecule is NC(=NC[C@@H](O)c1ccc(Cl)cc1)NC1CCCC1. The van der Waals surface area contributed by atoms with Crippen LogP contribution in [0.5, 0.6) is 0 Å². The van der Waals surface area contributed by atoms with E-state index in [1.807, 2.05) is 0 Å². The summed E-state index contributed by atoms with van der Waals surface area (Å²) >= 11 is 5.80. The van der Waals surface area contributed by atoms with Gasteiger partial charge in [0.1, 0.15) is 0 Å². The molecule has 1 saturated carbocycles. The number of nitrogens with zero attached hydrogens (tertiary/aromatic N) is 1. The van der Waals surface area contributed by atoms with Gasteiger partial charge in [0.2, 0.25) is 0 Å². The molecule has 1 aromatic rings. The molecule has 0 unspecified atom stereocenters. The Morgan fingerprint density at radius 1 is 1.37 bits per heavy atom. The molecule has 1 aliphatic rings. The fraction of sp³-hybridized carbons (Fsp3) is 0.500. The Balaban J connectivity index is 1.84. The lowest BCUT2D eigenvalue weighted by atomic mass is 10.1. The average molecular weight is 282 g/mol. The molecule has 19 heavy (non-hydrogen) atoms. The summed E-state index contributed by atoms with van der Waals surface area (Å²) in [7, 11) is 0. The van der Waals surface area contributed by atoms with Crippen molar-refractivity contribution in [3.05, 3.63) is 34.9 Å². The Morgan fingerprint density at radius 2 is 2.00 bits per heavy atom. The molecule has 1 fully saturated rings. The zero-order valence-corrected chi connectivity index (χ0v) is 11.6. The van der Waals surface area contributed by atoms with Gasteiger partial charge in [0.15, 0.2) is 5.96 Å². The van der Waals surface area contributed by atoms with Crippen molar-refractivity contribution < 1.29 is 5.11 Å². The zero-order chi connectivity index (χ0) is 13.7. The van der Waals surface area contributed by atoms with Crippen molar-refractivity contribution in [3.8, 4) is 0 Å². The molecule has 1 atom stereocenters. The van der Waals surface area contributed by atoms with Crippen molar-refractivity contribution in [2.24, 2.45) is 10.7 Å². The molecule has 0 saturated heterocycles. The lowest BCUT2D eigenvalue weighted by Crippen LogP contribution is -2.38. The van der Waals surface area contributed by atoms with Crippen molar-refractivity contribution in [2.45, 2.75) is 37.8 Å². The lowest BCUT2D eigenvalue weighted by molar-refractivity contribution is 0.187. The van der Waals surface area contributed by atoms with E-state index in [1.165, 1.54) is 12.8 Å². The number of hydrogen-bond acceptors (Lipinski definition) is 2. The van der Waals surface area contributed by atoms with Gasteiger partial charge in [0.05, 0.1) is 12.6 Å². The van der Waals surface area contributed by atoms with E-state index >= 15 is 0 Å². The standard InChI is InChI=1S/C14H20ClN3O/c15-11-7-5-10(6-8-11)13(19)9-17-14(16)18-12-3-1-2-4-12/h5-8,12-13,19H,1-4,9H2,(H3,16,17,18)/t13-/m1/s1. The molecule has 1 aliphatic carbocycles. The van der Waals surface area contributed by atoms with Gasteiger partial charge in [0.25, 0.3) is 0 Å². The first-order valence-electron chi connectivity index (χ1n) is 6.65. The highest BCUT2D eigenvalue weighted by Crippen LogP contribution is 2.18. The minimum Gasteiger partial charge on any atom is -0.386 e. The molecular formula is C14H20ClN3O. The number of nitrogens with two attached hydrogens (primary N) is 1. The summed E-state index contributed by atoms with van der Waals surface area (Å²) in [4.78, 5) is 4.19. The molecule has 0 aliphatic heterocycles. The number of hydrogen-bond donors (Lipinski definition) is 3. The normalized spacial score (nSPS) is 18.5. The first-order valence-corrected chi connectivity index (χ1v) is 7.03. The second-order valence-electron chi connectivity index (χ2n) is 4.92. The molecule has 0 spiro atoms. The van der Waals surface area contributed by atoms with Crippen LogP contribution in [0.15, 0.2) is 29.3 Å². The Morgan fingerprint density at radius 3 is 2.63 bits per heavy atom. The second-order valence-corrected chi connectivity index (χ2v) is 5.36. The maximum atomic E-state index is 9.99. The zero-order valence-electron chi connectivity index (χ0n) is 10.8. The molecule has 1 aromatic carbocycles. The number of aliphatic hydroxyl groups is 1. The summed E-state index contributed by atoms with van der Waals surface area (Å²) in [6.45, 7) is 0.257. The van der Waals surface area contributed by atoms with E-state index in [9.17, 15) is 5.11 Å². The lowest BCUT2D eigenvalue weighted by Gasteiger charge is -2.13. The first-order chi connectivity index (χ1) is 9.15. The van der Waals surface area contributed by atoms with Gasteiger partial charge >= 0.3 is 0 Å². The third-order valence-electron chi connectivity index (χ3n) is 3.40. The minimum absolute atomic E-state index is 0.257.